The van der Waals surface area contributed by atoms with Crippen LogP contribution < -0.4 is 4.74 Å². The second kappa shape index (κ2) is 10.3. The zero-order chi connectivity index (χ0) is 23.6. The Labute approximate surface area is 208 Å². The molecule has 0 spiro atoms. The molecule has 6 nitrogen and oxygen atoms in total. The van der Waals surface area contributed by atoms with E-state index in [0.29, 0.717) is 26.4 Å². The lowest BCUT2D eigenvalue weighted by Crippen LogP contribution is -2.38. The Morgan fingerprint density at radius 2 is 1.66 bits per heavy atom. The quantitative estimate of drug-likeness (QED) is 0.552. The average molecular weight is 477 g/mol. The van der Waals surface area contributed by atoms with E-state index in [1.807, 2.05) is 23.1 Å². The molecule has 3 atom stereocenters. The van der Waals surface area contributed by atoms with Crippen molar-refractivity contribution in [2.45, 2.75) is 64.3 Å². The summed E-state index contributed by atoms with van der Waals surface area (Å²) in [5.41, 5.74) is 4.25. The summed E-state index contributed by atoms with van der Waals surface area (Å²) >= 11 is 0. The highest BCUT2D eigenvalue weighted by Crippen LogP contribution is 2.37. The summed E-state index contributed by atoms with van der Waals surface area (Å²) in [7, 11) is 0. The Kier molecular flexibility index (Phi) is 6.77. The predicted octanol–water partition coefficient (Wildman–Crippen LogP) is 4.95. The Hall–Kier alpha value is -2.41. The second-order valence-electron chi connectivity index (χ2n) is 10.7. The Morgan fingerprint density at radius 1 is 0.886 bits per heavy atom. The highest BCUT2D eigenvalue weighted by molar-refractivity contribution is 5.99. The molecule has 0 N–H and O–H groups in total. The Bertz CT molecular complexity index is 1020. The van der Waals surface area contributed by atoms with Crippen LogP contribution in [0.2, 0.25) is 0 Å². The molecule has 1 saturated carbocycles. The number of rotatable bonds is 6. The van der Waals surface area contributed by atoms with E-state index < -0.39 is 0 Å². The fourth-order valence-electron chi connectivity index (χ4n) is 6.44. The first kappa shape index (κ1) is 23.0. The normalized spacial score (nSPS) is 26.9. The average Bonchev–Trinajstić information content (AvgIpc) is 3.32. The molecule has 3 fully saturated rings. The van der Waals surface area contributed by atoms with Gasteiger partial charge in [-0.1, -0.05) is 43.2 Å². The lowest BCUT2D eigenvalue weighted by atomic mass is 9.82. The van der Waals surface area contributed by atoms with Gasteiger partial charge in [0.25, 0.3) is 5.91 Å². The molecule has 0 radical (unpaired) electrons. The van der Waals surface area contributed by atoms with Gasteiger partial charge in [-0.25, -0.2) is 9.78 Å². The van der Waals surface area contributed by atoms with E-state index in [2.05, 4.69) is 29.2 Å². The smallest absolute Gasteiger partial charge is 0.254 e. The molecule has 1 amide bonds. The number of nitrogens with zero attached hydrogens (tertiary/aromatic N) is 2. The van der Waals surface area contributed by atoms with Crippen LogP contribution >= 0.6 is 0 Å². The molecule has 2 aromatic rings. The van der Waals surface area contributed by atoms with Gasteiger partial charge in [-0.2, -0.15) is 0 Å². The number of amides is 1. The Morgan fingerprint density at radius 3 is 2.46 bits per heavy atom. The molecular weight excluding hydrogens is 440 g/mol. The van der Waals surface area contributed by atoms with Crippen molar-refractivity contribution < 1.29 is 19.3 Å². The third-order valence-electron chi connectivity index (χ3n) is 8.38. The first-order valence-corrected chi connectivity index (χ1v) is 13.3. The molecule has 2 saturated heterocycles. The number of likely N-dealkylation sites (tertiary alicyclic amines) is 1. The van der Waals surface area contributed by atoms with Crippen LogP contribution in [0.1, 0.15) is 65.6 Å². The minimum Gasteiger partial charge on any atom is -0.489 e. The van der Waals surface area contributed by atoms with Gasteiger partial charge < -0.3 is 9.64 Å². The number of benzene rings is 2. The Balaban J connectivity index is 1.06. The van der Waals surface area contributed by atoms with Crippen molar-refractivity contribution in [1.82, 2.24) is 9.80 Å². The van der Waals surface area contributed by atoms with Gasteiger partial charge in [0.15, 0.2) is 0 Å². The van der Waals surface area contributed by atoms with Crippen LogP contribution in [0.15, 0.2) is 42.5 Å². The summed E-state index contributed by atoms with van der Waals surface area (Å²) in [4.78, 5) is 28.0. The molecule has 186 valence electrons. The molecule has 6 rings (SSSR count). The summed E-state index contributed by atoms with van der Waals surface area (Å²) in [6.07, 6.45) is 7.47. The fourth-order valence-corrected chi connectivity index (χ4v) is 6.44. The van der Waals surface area contributed by atoms with Gasteiger partial charge in [-0.3, -0.25) is 9.69 Å². The maximum atomic E-state index is 13.1. The highest BCUT2D eigenvalue weighted by Gasteiger charge is 2.36. The van der Waals surface area contributed by atoms with Crippen LogP contribution in [0.4, 0.5) is 0 Å². The van der Waals surface area contributed by atoms with E-state index in [9.17, 15) is 4.79 Å². The second-order valence-corrected chi connectivity index (χ2v) is 10.7. The zero-order valence-corrected chi connectivity index (χ0v) is 20.5. The highest BCUT2D eigenvalue weighted by atomic mass is 17.2. The van der Waals surface area contributed by atoms with E-state index in [1.165, 1.54) is 44.3 Å². The van der Waals surface area contributed by atoms with Gasteiger partial charge in [0.05, 0.1) is 19.2 Å². The topological polar surface area (TPSA) is 51.2 Å². The fraction of sp³-hybridized carbons (Fsp3) is 0.552. The first-order chi connectivity index (χ1) is 17.2. The monoisotopic (exact) mass is 476 g/mol. The van der Waals surface area contributed by atoms with E-state index in [-0.39, 0.29) is 11.9 Å². The van der Waals surface area contributed by atoms with Crippen LogP contribution in [-0.2, 0) is 29.5 Å². The van der Waals surface area contributed by atoms with Crippen molar-refractivity contribution in [2.75, 3.05) is 26.3 Å². The molecular formula is C29H36N2O4. The summed E-state index contributed by atoms with van der Waals surface area (Å²) < 4.78 is 6.24. The molecule has 0 bridgehead atoms. The maximum absolute atomic E-state index is 13.1. The summed E-state index contributed by atoms with van der Waals surface area (Å²) in [5.74, 6) is 2.71. The number of hydrogen-bond donors (Lipinski definition) is 0. The van der Waals surface area contributed by atoms with Crippen LogP contribution in [0.3, 0.4) is 0 Å². The van der Waals surface area contributed by atoms with Crippen LogP contribution in [0.25, 0.3) is 0 Å². The van der Waals surface area contributed by atoms with E-state index >= 15 is 0 Å². The minimum atomic E-state index is 0.0392. The van der Waals surface area contributed by atoms with Crippen molar-refractivity contribution in [3.63, 3.8) is 0 Å². The number of ether oxygens (including phenoxy) is 1. The molecule has 3 heterocycles. The molecule has 2 unspecified atom stereocenters. The van der Waals surface area contributed by atoms with Crippen LogP contribution in [0.5, 0.6) is 5.75 Å². The van der Waals surface area contributed by atoms with E-state index in [0.717, 1.165) is 53.7 Å². The molecule has 4 aliphatic rings. The number of carbonyl (C=O) groups excluding carboxylic acids is 1. The minimum absolute atomic E-state index is 0.0392. The number of fused-ring (bicyclic) bond motifs is 2. The third-order valence-corrected chi connectivity index (χ3v) is 8.38. The van der Waals surface area contributed by atoms with E-state index in [4.69, 9.17) is 14.5 Å². The van der Waals surface area contributed by atoms with Gasteiger partial charge in [0.2, 0.25) is 0 Å². The van der Waals surface area contributed by atoms with Crippen molar-refractivity contribution in [1.29, 1.82) is 0 Å². The summed E-state index contributed by atoms with van der Waals surface area (Å²) in [6.45, 7) is 5.65. The summed E-state index contributed by atoms with van der Waals surface area (Å²) in [5, 5.41) is 0. The number of carbonyl (C=O) groups is 1. The maximum Gasteiger partial charge on any atom is 0.254 e. The standard InChI is InChI=1S/C29H36N2O4/c32-29-26-8-3-9-28(27(26)18-31(29)25-7-4-14-34-35-20-25)33-19-22-12-10-21(11-13-22)15-30-16-23-5-1-2-6-24(23)17-30/h3,8-13,23-25H,1-2,4-7,14-20H2/t23-,24?,25?/m1/s1. The zero-order valence-electron chi connectivity index (χ0n) is 20.5. The first-order valence-electron chi connectivity index (χ1n) is 13.3. The predicted molar refractivity (Wildman–Crippen MR) is 133 cm³/mol. The van der Waals surface area contributed by atoms with Crippen molar-refractivity contribution in [2.24, 2.45) is 11.8 Å². The molecule has 0 aromatic heterocycles. The third kappa shape index (κ3) is 4.97. The number of hydrogen-bond acceptors (Lipinski definition) is 5. The summed E-state index contributed by atoms with van der Waals surface area (Å²) in [6, 6.07) is 14.7. The molecule has 3 aliphatic heterocycles. The van der Waals surface area contributed by atoms with Crippen LogP contribution in [0, 0.1) is 11.8 Å². The van der Waals surface area contributed by atoms with Gasteiger partial charge in [0.1, 0.15) is 19.0 Å². The SMILES string of the molecule is O=C1c2cccc(OCc3ccc(CN4CC5CCCC[C@@H]5C4)cc3)c2CN1C1CCCOOC1. The van der Waals surface area contributed by atoms with Gasteiger partial charge in [-0.15, -0.1) is 0 Å². The van der Waals surface area contributed by atoms with Gasteiger partial charge >= 0.3 is 0 Å². The lowest BCUT2D eigenvalue weighted by Gasteiger charge is -2.25. The van der Waals surface area contributed by atoms with Crippen molar-refractivity contribution in [3.05, 3.63) is 64.7 Å². The molecule has 2 aromatic carbocycles. The lowest BCUT2D eigenvalue weighted by molar-refractivity contribution is -0.292. The van der Waals surface area contributed by atoms with Crippen molar-refractivity contribution >= 4 is 5.91 Å². The molecule has 6 heteroatoms. The van der Waals surface area contributed by atoms with E-state index in [1.54, 1.807) is 0 Å². The van der Waals surface area contributed by atoms with Crippen molar-refractivity contribution in [3.8, 4) is 5.75 Å². The molecule has 35 heavy (non-hydrogen) atoms. The van der Waals surface area contributed by atoms with Gasteiger partial charge in [0, 0.05) is 30.8 Å². The van der Waals surface area contributed by atoms with Crippen LogP contribution in [-0.4, -0.2) is 48.1 Å². The largest absolute Gasteiger partial charge is 0.489 e. The van der Waals surface area contributed by atoms with Gasteiger partial charge in [-0.05, 0) is 60.8 Å². The molecule has 1 aliphatic carbocycles.